The summed E-state index contributed by atoms with van der Waals surface area (Å²) in [6.07, 6.45) is -2.79. The lowest BCUT2D eigenvalue weighted by molar-refractivity contribution is -0.141. The number of hydrogen-bond donors (Lipinski definition) is 3. The van der Waals surface area contributed by atoms with E-state index in [4.69, 9.17) is 5.73 Å². The highest BCUT2D eigenvalue weighted by atomic mass is 19.4. The summed E-state index contributed by atoms with van der Waals surface area (Å²) in [7, 11) is 0. The molecule has 1 aliphatic heterocycles. The van der Waals surface area contributed by atoms with Crippen LogP contribution in [-0.4, -0.2) is 25.4 Å². The van der Waals surface area contributed by atoms with Gasteiger partial charge in [0, 0.05) is 18.7 Å². The number of anilines is 1. The van der Waals surface area contributed by atoms with Gasteiger partial charge < -0.3 is 20.6 Å². The van der Waals surface area contributed by atoms with Gasteiger partial charge in [-0.1, -0.05) is 0 Å². The average Bonchev–Trinajstić information content (AvgIpc) is 3.22. The quantitative estimate of drug-likeness (QED) is 0.652. The van der Waals surface area contributed by atoms with E-state index in [-0.39, 0.29) is 6.54 Å². The molecule has 0 bridgehead atoms. The van der Waals surface area contributed by atoms with Crippen molar-refractivity contribution in [2.75, 3.05) is 5.32 Å². The van der Waals surface area contributed by atoms with Gasteiger partial charge in [0.05, 0.1) is 17.6 Å². The Hall–Kier alpha value is -2.88. The van der Waals surface area contributed by atoms with Gasteiger partial charge in [0.1, 0.15) is 17.3 Å². The van der Waals surface area contributed by atoms with Gasteiger partial charge in [-0.15, -0.1) is 0 Å². The standard InChI is InChI=1S/C17H17F3N6O/c18-17(19,20)15-14(26-6-2-1-3-13(26)25-15)16(27)22-9-4-5-10-11(7-9)24-12(8-21)23-10/h4-5,7H,1-3,6,8,21H2,(H,22,27)(H,23,24). The van der Waals surface area contributed by atoms with Crippen LogP contribution in [0, 0.1) is 0 Å². The van der Waals surface area contributed by atoms with E-state index in [0.29, 0.717) is 47.8 Å². The summed E-state index contributed by atoms with van der Waals surface area (Å²) in [5.74, 6) is 0.0499. The number of rotatable bonds is 3. The third-order valence-corrected chi connectivity index (χ3v) is 4.54. The topological polar surface area (TPSA) is 102 Å². The van der Waals surface area contributed by atoms with E-state index in [1.165, 1.54) is 4.57 Å². The summed E-state index contributed by atoms with van der Waals surface area (Å²) >= 11 is 0. The van der Waals surface area contributed by atoms with Crippen molar-refractivity contribution in [1.82, 2.24) is 19.5 Å². The number of fused-ring (bicyclic) bond motifs is 2. The number of alkyl halides is 3. The molecule has 2 aromatic heterocycles. The summed E-state index contributed by atoms with van der Waals surface area (Å²) in [5, 5.41) is 2.55. The maximum Gasteiger partial charge on any atom is 0.435 e. The van der Waals surface area contributed by atoms with E-state index in [1.807, 2.05) is 0 Å². The minimum absolute atomic E-state index is 0.229. The third-order valence-electron chi connectivity index (χ3n) is 4.54. The molecular formula is C17H17F3N6O. The second kappa shape index (κ2) is 6.38. The lowest BCUT2D eigenvalue weighted by Crippen LogP contribution is -2.23. The number of carbonyl (C=O) groups is 1. The first-order valence-electron chi connectivity index (χ1n) is 8.53. The van der Waals surface area contributed by atoms with Crippen molar-refractivity contribution in [1.29, 1.82) is 0 Å². The zero-order valence-corrected chi connectivity index (χ0v) is 14.2. The fourth-order valence-corrected chi connectivity index (χ4v) is 3.34. The van der Waals surface area contributed by atoms with Gasteiger partial charge in [-0.05, 0) is 31.0 Å². The second-order valence-electron chi connectivity index (χ2n) is 6.41. The predicted molar refractivity (Wildman–Crippen MR) is 92.1 cm³/mol. The van der Waals surface area contributed by atoms with Crippen molar-refractivity contribution >= 4 is 22.6 Å². The zero-order chi connectivity index (χ0) is 19.2. The van der Waals surface area contributed by atoms with Gasteiger partial charge in [0.15, 0.2) is 5.69 Å². The van der Waals surface area contributed by atoms with Crippen LogP contribution < -0.4 is 11.1 Å². The number of benzene rings is 1. The molecule has 0 radical (unpaired) electrons. The first-order valence-corrected chi connectivity index (χ1v) is 8.53. The minimum atomic E-state index is -4.69. The molecule has 4 N–H and O–H groups in total. The summed E-state index contributed by atoms with van der Waals surface area (Å²) in [5.41, 5.74) is 5.62. The number of carbonyl (C=O) groups excluding carboxylic acids is 1. The number of aromatic amines is 1. The summed E-state index contributed by atoms with van der Waals surface area (Å²) in [6, 6.07) is 4.86. The molecule has 4 rings (SSSR count). The molecule has 0 saturated heterocycles. The smallest absolute Gasteiger partial charge is 0.341 e. The number of nitrogens with two attached hydrogens (primary N) is 1. The number of nitrogens with one attached hydrogen (secondary N) is 2. The lowest BCUT2D eigenvalue weighted by Gasteiger charge is -2.16. The Morgan fingerprint density at radius 1 is 1.30 bits per heavy atom. The van der Waals surface area contributed by atoms with Crippen molar-refractivity contribution in [3.05, 3.63) is 41.2 Å². The lowest BCUT2D eigenvalue weighted by atomic mass is 10.1. The van der Waals surface area contributed by atoms with Crippen molar-refractivity contribution in [3.63, 3.8) is 0 Å². The zero-order valence-electron chi connectivity index (χ0n) is 14.2. The van der Waals surface area contributed by atoms with Crippen molar-refractivity contribution < 1.29 is 18.0 Å². The highest BCUT2D eigenvalue weighted by Gasteiger charge is 2.41. The number of amides is 1. The Morgan fingerprint density at radius 3 is 2.85 bits per heavy atom. The van der Waals surface area contributed by atoms with Crippen LogP contribution in [-0.2, 0) is 25.7 Å². The number of aryl methyl sites for hydroxylation is 1. The predicted octanol–water partition coefficient (Wildman–Crippen LogP) is 2.83. The molecule has 0 spiro atoms. The molecule has 3 aromatic rings. The Balaban J connectivity index is 1.69. The van der Waals surface area contributed by atoms with E-state index in [2.05, 4.69) is 20.3 Å². The maximum atomic E-state index is 13.4. The van der Waals surface area contributed by atoms with Crippen LogP contribution in [0.25, 0.3) is 11.0 Å². The molecule has 0 aliphatic carbocycles. The van der Waals surface area contributed by atoms with E-state index in [0.717, 1.165) is 6.42 Å². The van der Waals surface area contributed by atoms with E-state index < -0.39 is 23.5 Å². The molecule has 10 heteroatoms. The van der Waals surface area contributed by atoms with Crippen LogP contribution in [0.5, 0.6) is 0 Å². The van der Waals surface area contributed by atoms with Gasteiger partial charge in [-0.3, -0.25) is 4.79 Å². The Morgan fingerprint density at radius 2 is 2.11 bits per heavy atom. The van der Waals surface area contributed by atoms with Crippen LogP contribution >= 0.6 is 0 Å². The van der Waals surface area contributed by atoms with Crippen LogP contribution in [0.15, 0.2) is 18.2 Å². The van der Waals surface area contributed by atoms with Crippen molar-refractivity contribution in [2.24, 2.45) is 5.73 Å². The number of H-pyrrole nitrogens is 1. The van der Waals surface area contributed by atoms with Crippen LogP contribution in [0.4, 0.5) is 18.9 Å². The largest absolute Gasteiger partial charge is 0.435 e. The van der Waals surface area contributed by atoms with Crippen LogP contribution in [0.1, 0.15) is 40.7 Å². The molecule has 142 valence electrons. The molecular weight excluding hydrogens is 361 g/mol. The molecule has 27 heavy (non-hydrogen) atoms. The summed E-state index contributed by atoms with van der Waals surface area (Å²) in [6.45, 7) is 0.577. The van der Waals surface area contributed by atoms with Gasteiger partial charge in [0.2, 0.25) is 0 Å². The van der Waals surface area contributed by atoms with Gasteiger partial charge in [0.25, 0.3) is 5.91 Å². The number of imidazole rings is 2. The van der Waals surface area contributed by atoms with Crippen molar-refractivity contribution in [2.45, 2.75) is 38.5 Å². The molecule has 3 heterocycles. The maximum absolute atomic E-state index is 13.4. The SMILES string of the molecule is NCc1nc2ccc(NC(=O)c3c(C(F)(F)F)nc4n3CCCC4)cc2[nH]1. The average molecular weight is 378 g/mol. The number of hydrogen-bond acceptors (Lipinski definition) is 4. The van der Waals surface area contributed by atoms with E-state index >= 15 is 0 Å². The molecule has 7 nitrogen and oxygen atoms in total. The van der Waals surface area contributed by atoms with Gasteiger partial charge >= 0.3 is 6.18 Å². The highest BCUT2D eigenvalue weighted by molar-refractivity contribution is 6.04. The second-order valence-corrected chi connectivity index (χ2v) is 6.41. The fourth-order valence-electron chi connectivity index (χ4n) is 3.34. The first kappa shape index (κ1) is 17.5. The fraction of sp³-hybridized carbons (Fsp3) is 0.353. The molecule has 1 aromatic carbocycles. The molecule has 0 unspecified atom stereocenters. The Labute approximate surface area is 151 Å². The number of aromatic nitrogens is 4. The van der Waals surface area contributed by atoms with Gasteiger partial charge in [-0.2, -0.15) is 13.2 Å². The van der Waals surface area contributed by atoms with Crippen LogP contribution in [0.3, 0.4) is 0 Å². The monoisotopic (exact) mass is 378 g/mol. The van der Waals surface area contributed by atoms with Crippen LogP contribution in [0.2, 0.25) is 0 Å². The minimum Gasteiger partial charge on any atom is -0.341 e. The molecule has 0 saturated carbocycles. The number of nitrogens with zero attached hydrogens (tertiary/aromatic N) is 3. The molecule has 0 fully saturated rings. The molecule has 0 atom stereocenters. The third kappa shape index (κ3) is 3.16. The Kier molecular flexibility index (Phi) is 4.14. The Bertz CT molecular complexity index is 1020. The summed E-state index contributed by atoms with van der Waals surface area (Å²) in [4.78, 5) is 23.6. The number of halogens is 3. The van der Waals surface area contributed by atoms with E-state index in [9.17, 15) is 18.0 Å². The molecule has 1 amide bonds. The van der Waals surface area contributed by atoms with Gasteiger partial charge in [-0.25, -0.2) is 9.97 Å². The van der Waals surface area contributed by atoms with E-state index in [1.54, 1.807) is 18.2 Å². The highest BCUT2D eigenvalue weighted by Crippen LogP contribution is 2.34. The normalized spacial score (nSPS) is 14.4. The summed E-state index contributed by atoms with van der Waals surface area (Å²) < 4.78 is 41.6. The van der Waals surface area contributed by atoms with Crippen molar-refractivity contribution in [3.8, 4) is 0 Å². The molecule has 1 aliphatic rings. The first-order chi connectivity index (χ1) is 12.9.